The number of ether oxygens (including phenoxy) is 2. The molecule has 102 valence electrons. The monoisotopic (exact) mass is 270 g/mol. The van der Waals surface area contributed by atoms with Crippen LogP contribution >= 0.6 is 0 Å². The molecule has 0 aliphatic carbocycles. The maximum atomic E-state index is 12.4. The van der Waals surface area contributed by atoms with Gasteiger partial charge in [0.25, 0.3) is 0 Å². The summed E-state index contributed by atoms with van der Waals surface area (Å²) in [5.74, 6) is 0.640. The van der Waals surface area contributed by atoms with Crippen molar-refractivity contribution in [2.45, 2.75) is 12.2 Å². The summed E-state index contributed by atoms with van der Waals surface area (Å²) in [5, 5.41) is 9.35. The first-order valence-electron chi connectivity index (χ1n) is 6.32. The maximum absolute atomic E-state index is 12.4. The Morgan fingerprint density at radius 3 is 2.50 bits per heavy atom. The zero-order chi connectivity index (χ0) is 14.1. The number of Topliss-reactive ketones (excluding diaryl/α,β-unsaturated/α-hetero) is 1. The number of phenols is 1. The van der Waals surface area contributed by atoms with E-state index in [4.69, 9.17) is 9.47 Å². The first kappa shape index (κ1) is 12.7. The van der Waals surface area contributed by atoms with Gasteiger partial charge in [-0.25, -0.2) is 0 Å². The molecule has 3 rings (SSSR count). The smallest absolute Gasteiger partial charge is 0.199 e. The van der Waals surface area contributed by atoms with Gasteiger partial charge in [0.1, 0.15) is 11.5 Å². The second-order valence-electron chi connectivity index (χ2n) is 4.65. The van der Waals surface area contributed by atoms with Crippen LogP contribution in [0.1, 0.15) is 22.0 Å². The molecule has 0 bridgehead atoms. The fraction of sp³-hybridized carbons (Fsp3) is 0.188. The van der Waals surface area contributed by atoms with E-state index in [1.165, 1.54) is 7.11 Å². The molecule has 4 heteroatoms. The van der Waals surface area contributed by atoms with Gasteiger partial charge < -0.3 is 14.6 Å². The number of para-hydroxylation sites is 1. The van der Waals surface area contributed by atoms with Crippen LogP contribution in [-0.2, 0) is 4.74 Å². The summed E-state index contributed by atoms with van der Waals surface area (Å²) in [6, 6.07) is 13.7. The van der Waals surface area contributed by atoms with Gasteiger partial charge in [-0.2, -0.15) is 0 Å². The number of benzene rings is 2. The third kappa shape index (κ3) is 2.04. The number of aromatic hydroxyl groups is 1. The summed E-state index contributed by atoms with van der Waals surface area (Å²) in [4.78, 5) is 12.4. The second-order valence-corrected chi connectivity index (χ2v) is 4.65. The number of carbonyl (C=O) groups excluding carboxylic acids is 1. The zero-order valence-electron chi connectivity index (χ0n) is 10.9. The van der Waals surface area contributed by atoms with Gasteiger partial charge in [-0.1, -0.05) is 24.3 Å². The van der Waals surface area contributed by atoms with Crippen molar-refractivity contribution in [1.29, 1.82) is 0 Å². The van der Waals surface area contributed by atoms with E-state index >= 15 is 0 Å². The molecule has 2 atom stereocenters. The van der Waals surface area contributed by atoms with Crippen molar-refractivity contribution in [3.05, 3.63) is 59.7 Å². The third-order valence-corrected chi connectivity index (χ3v) is 3.42. The van der Waals surface area contributed by atoms with Crippen molar-refractivity contribution in [1.82, 2.24) is 0 Å². The van der Waals surface area contributed by atoms with Gasteiger partial charge in [0.2, 0.25) is 0 Å². The van der Waals surface area contributed by atoms with E-state index < -0.39 is 12.2 Å². The Morgan fingerprint density at radius 2 is 1.80 bits per heavy atom. The lowest BCUT2D eigenvalue weighted by Gasteiger charge is -2.31. The average Bonchev–Trinajstić information content (AvgIpc) is 2.48. The fourth-order valence-electron chi connectivity index (χ4n) is 2.40. The van der Waals surface area contributed by atoms with Crippen molar-refractivity contribution in [3.8, 4) is 11.5 Å². The first-order valence-corrected chi connectivity index (χ1v) is 6.32. The number of hydrogen-bond donors (Lipinski definition) is 1. The van der Waals surface area contributed by atoms with E-state index in [-0.39, 0.29) is 11.5 Å². The Labute approximate surface area is 116 Å². The summed E-state index contributed by atoms with van der Waals surface area (Å²) in [7, 11) is 1.49. The van der Waals surface area contributed by atoms with Crippen molar-refractivity contribution < 1.29 is 19.4 Å². The Hall–Kier alpha value is -2.33. The molecule has 2 aromatic carbocycles. The molecule has 0 radical (unpaired) electrons. The Kier molecular flexibility index (Phi) is 3.16. The molecule has 4 nitrogen and oxygen atoms in total. The Balaban J connectivity index is 2.03. The SMILES string of the molecule is CO[C@@H]1C(=O)c2ccccc2O[C@H]1c1ccc(O)cc1. The van der Waals surface area contributed by atoms with E-state index in [9.17, 15) is 9.90 Å². The van der Waals surface area contributed by atoms with E-state index in [2.05, 4.69) is 0 Å². The Morgan fingerprint density at radius 1 is 1.10 bits per heavy atom. The van der Waals surface area contributed by atoms with Crippen molar-refractivity contribution in [2.75, 3.05) is 7.11 Å². The highest BCUT2D eigenvalue weighted by Gasteiger charge is 2.38. The zero-order valence-corrected chi connectivity index (χ0v) is 10.9. The molecule has 0 amide bonds. The molecule has 20 heavy (non-hydrogen) atoms. The molecule has 1 N–H and O–H groups in total. The predicted molar refractivity (Wildman–Crippen MR) is 73.0 cm³/mol. The van der Waals surface area contributed by atoms with Crippen molar-refractivity contribution in [3.63, 3.8) is 0 Å². The summed E-state index contributed by atoms with van der Waals surface area (Å²) in [6.07, 6.45) is -1.20. The number of rotatable bonds is 2. The minimum absolute atomic E-state index is 0.0903. The van der Waals surface area contributed by atoms with E-state index in [0.717, 1.165) is 5.56 Å². The van der Waals surface area contributed by atoms with Gasteiger partial charge in [-0.3, -0.25) is 4.79 Å². The number of hydrogen-bond acceptors (Lipinski definition) is 4. The number of fused-ring (bicyclic) bond motifs is 1. The van der Waals surface area contributed by atoms with Crippen LogP contribution in [0.5, 0.6) is 11.5 Å². The number of methoxy groups -OCH3 is 1. The van der Waals surface area contributed by atoms with Crippen LogP contribution in [0.25, 0.3) is 0 Å². The molecule has 0 unspecified atom stereocenters. The average molecular weight is 270 g/mol. The topological polar surface area (TPSA) is 55.8 Å². The summed E-state index contributed by atoms with van der Waals surface area (Å²) >= 11 is 0. The molecule has 0 saturated carbocycles. The molecule has 2 aromatic rings. The minimum Gasteiger partial charge on any atom is -0.508 e. The highest BCUT2D eigenvalue weighted by atomic mass is 16.5. The molecular formula is C16H14O4. The quantitative estimate of drug-likeness (QED) is 0.911. The fourth-order valence-corrected chi connectivity index (χ4v) is 2.40. The second kappa shape index (κ2) is 4.98. The van der Waals surface area contributed by atoms with Crippen LogP contribution in [0.15, 0.2) is 48.5 Å². The van der Waals surface area contributed by atoms with E-state index in [1.54, 1.807) is 42.5 Å². The largest absolute Gasteiger partial charge is 0.508 e. The molecule has 0 fully saturated rings. The van der Waals surface area contributed by atoms with Crippen molar-refractivity contribution >= 4 is 5.78 Å². The molecule has 0 spiro atoms. The molecule has 1 aliphatic heterocycles. The van der Waals surface area contributed by atoms with E-state index in [0.29, 0.717) is 11.3 Å². The lowest BCUT2D eigenvalue weighted by Crippen LogP contribution is -2.37. The van der Waals surface area contributed by atoms with Gasteiger partial charge in [0, 0.05) is 7.11 Å². The van der Waals surface area contributed by atoms with Crippen LogP contribution < -0.4 is 4.74 Å². The molecule has 0 aromatic heterocycles. The van der Waals surface area contributed by atoms with E-state index in [1.807, 2.05) is 6.07 Å². The van der Waals surface area contributed by atoms with Crippen molar-refractivity contribution in [2.24, 2.45) is 0 Å². The summed E-state index contributed by atoms with van der Waals surface area (Å²) in [6.45, 7) is 0. The lowest BCUT2D eigenvalue weighted by atomic mass is 9.93. The minimum atomic E-state index is -0.686. The van der Waals surface area contributed by atoms with Gasteiger partial charge in [0.05, 0.1) is 5.56 Å². The summed E-state index contributed by atoms with van der Waals surface area (Å²) < 4.78 is 11.2. The van der Waals surface area contributed by atoms with Crippen LogP contribution in [0.2, 0.25) is 0 Å². The number of carbonyl (C=O) groups is 1. The van der Waals surface area contributed by atoms with Crippen LogP contribution in [0, 0.1) is 0 Å². The maximum Gasteiger partial charge on any atom is 0.199 e. The molecule has 0 saturated heterocycles. The molecular weight excluding hydrogens is 256 g/mol. The first-order chi connectivity index (χ1) is 9.70. The molecule has 1 aliphatic rings. The van der Waals surface area contributed by atoms with Crippen LogP contribution in [0.4, 0.5) is 0 Å². The van der Waals surface area contributed by atoms with Gasteiger partial charge in [-0.15, -0.1) is 0 Å². The van der Waals surface area contributed by atoms with Gasteiger partial charge in [-0.05, 0) is 29.8 Å². The predicted octanol–water partition coefficient (Wildman–Crippen LogP) is 2.72. The van der Waals surface area contributed by atoms with Gasteiger partial charge >= 0.3 is 0 Å². The molecule has 1 heterocycles. The van der Waals surface area contributed by atoms with Crippen LogP contribution in [-0.4, -0.2) is 24.1 Å². The summed E-state index contributed by atoms with van der Waals surface area (Å²) in [5.41, 5.74) is 1.33. The standard InChI is InChI=1S/C16H14O4/c1-19-16-14(18)12-4-2-3-5-13(12)20-15(16)10-6-8-11(17)9-7-10/h2-9,15-17H,1H3/t15-,16+/m0/s1. The normalized spacial score (nSPS) is 21.1. The number of ketones is 1. The van der Waals surface area contributed by atoms with Crippen LogP contribution in [0.3, 0.4) is 0 Å². The highest BCUT2D eigenvalue weighted by molar-refractivity contribution is 6.03. The highest BCUT2D eigenvalue weighted by Crippen LogP contribution is 2.36. The third-order valence-electron chi connectivity index (χ3n) is 3.42. The number of phenolic OH excluding ortho intramolecular Hbond substituents is 1. The lowest BCUT2D eigenvalue weighted by molar-refractivity contribution is -0.000610. The Bertz CT molecular complexity index is 633. The van der Waals surface area contributed by atoms with Gasteiger partial charge in [0.15, 0.2) is 18.0 Å².